The van der Waals surface area contributed by atoms with E-state index in [4.69, 9.17) is 0 Å². The molecule has 94 valence electrons. The number of carbonyl (C=O) groups excluding carboxylic acids is 1. The molecule has 1 aromatic rings. The van der Waals surface area contributed by atoms with Crippen LogP contribution in [0.4, 0.5) is 0 Å². The normalized spacial score (nSPS) is 23.9. The number of carbonyl (C=O) groups is 1. The first-order valence-electron chi connectivity index (χ1n) is 6.13. The average Bonchev–Trinajstić information content (AvgIpc) is 2.98. The Morgan fingerprint density at radius 2 is 2.41 bits per heavy atom. The molecule has 1 fully saturated rings. The largest absolute Gasteiger partial charge is 0.339 e. The van der Waals surface area contributed by atoms with E-state index in [9.17, 15) is 4.79 Å². The molecule has 0 aromatic carbocycles. The van der Waals surface area contributed by atoms with E-state index < -0.39 is 0 Å². The highest BCUT2D eigenvalue weighted by molar-refractivity contribution is 7.99. The number of thioether (sulfide) groups is 1. The Bertz CT molecular complexity index is 364. The van der Waals surface area contributed by atoms with E-state index in [1.165, 1.54) is 12.2 Å². The lowest BCUT2D eigenvalue weighted by molar-refractivity contribution is 0.0736. The van der Waals surface area contributed by atoms with E-state index in [0.29, 0.717) is 6.04 Å². The minimum Gasteiger partial charge on any atom is -0.339 e. The van der Waals surface area contributed by atoms with Gasteiger partial charge in [0.2, 0.25) is 0 Å². The Hall–Kier alpha value is -0.480. The molecule has 0 saturated heterocycles. The molecule has 1 aliphatic rings. The van der Waals surface area contributed by atoms with Crippen molar-refractivity contribution < 1.29 is 4.79 Å². The maximum Gasteiger partial charge on any atom is 0.254 e. The first-order valence-corrected chi connectivity index (χ1v) is 8.12. The fourth-order valence-electron chi connectivity index (χ4n) is 2.41. The van der Waals surface area contributed by atoms with Crippen molar-refractivity contribution in [2.24, 2.45) is 0 Å². The average molecular weight is 269 g/mol. The van der Waals surface area contributed by atoms with Crippen molar-refractivity contribution in [1.29, 1.82) is 0 Å². The first kappa shape index (κ1) is 13.0. The molecule has 17 heavy (non-hydrogen) atoms. The standard InChI is InChI=1S/C13H19NOS2/c1-3-17-12-5-4-11(8-12)14(2)13(15)10-6-7-16-9-10/h6-7,9,11-12H,3-5,8H2,1-2H3/t11-,12+/m1/s1. The molecule has 1 aromatic heterocycles. The summed E-state index contributed by atoms with van der Waals surface area (Å²) in [6.45, 7) is 2.21. The van der Waals surface area contributed by atoms with E-state index in [0.717, 1.165) is 23.7 Å². The molecule has 0 radical (unpaired) electrons. The number of nitrogens with zero attached hydrogens (tertiary/aromatic N) is 1. The predicted octanol–water partition coefficient (Wildman–Crippen LogP) is 3.49. The van der Waals surface area contributed by atoms with Crippen molar-refractivity contribution in [3.05, 3.63) is 22.4 Å². The van der Waals surface area contributed by atoms with Crippen LogP contribution in [0.3, 0.4) is 0 Å². The summed E-state index contributed by atoms with van der Waals surface area (Å²) in [6.07, 6.45) is 3.57. The minimum atomic E-state index is 0.179. The van der Waals surface area contributed by atoms with Gasteiger partial charge in [-0.05, 0) is 36.5 Å². The van der Waals surface area contributed by atoms with Crippen molar-refractivity contribution in [2.45, 2.75) is 37.5 Å². The molecular formula is C13H19NOS2. The van der Waals surface area contributed by atoms with Crippen molar-refractivity contribution in [3.63, 3.8) is 0 Å². The molecule has 2 rings (SSSR count). The van der Waals surface area contributed by atoms with Crippen LogP contribution in [0.1, 0.15) is 36.5 Å². The van der Waals surface area contributed by atoms with Gasteiger partial charge in [0.15, 0.2) is 0 Å². The molecule has 1 amide bonds. The van der Waals surface area contributed by atoms with Gasteiger partial charge in [0, 0.05) is 23.7 Å². The van der Waals surface area contributed by atoms with Crippen molar-refractivity contribution in [1.82, 2.24) is 4.90 Å². The number of hydrogen-bond acceptors (Lipinski definition) is 3. The zero-order valence-corrected chi connectivity index (χ0v) is 12.0. The monoisotopic (exact) mass is 269 g/mol. The SMILES string of the molecule is CCS[C@H]1CC[C@@H](N(C)C(=O)c2ccsc2)C1. The molecule has 1 saturated carbocycles. The van der Waals surface area contributed by atoms with Gasteiger partial charge in [0.25, 0.3) is 5.91 Å². The zero-order chi connectivity index (χ0) is 12.3. The highest BCUT2D eigenvalue weighted by atomic mass is 32.2. The molecule has 1 aliphatic carbocycles. The van der Waals surface area contributed by atoms with Gasteiger partial charge >= 0.3 is 0 Å². The molecule has 0 bridgehead atoms. The maximum absolute atomic E-state index is 12.2. The van der Waals surface area contributed by atoms with Gasteiger partial charge in [0.1, 0.15) is 0 Å². The smallest absolute Gasteiger partial charge is 0.254 e. The Kier molecular flexibility index (Phi) is 4.51. The van der Waals surface area contributed by atoms with Gasteiger partial charge < -0.3 is 4.90 Å². The van der Waals surface area contributed by atoms with Crippen LogP contribution in [0.5, 0.6) is 0 Å². The summed E-state index contributed by atoms with van der Waals surface area (Å²) in [7, 11) is 1.95. The number of thiophene rings is 1. The first-order chi connectivity index (χ1) is 8.22. The second-order valence-electron chi connectivity index (χ2n) is 4.47. The van der Waals surface area contributed by atoms with Gasteiger partial charge in [0.05, 0.1) is 5.56 Å². The van der Waals surface area contributed by atoms with Crippen LogP contribution in [0.25, 0.3) is 0 Å². The van der Waals surface area contributed by atoms with Crippen molar-refractivity contribution in [3.8, 4) is 0 Å². The van der Waals surface area contributed by atoms with Gasteiger partial charge in [-0.15, -0.1) is 0 Å². The Balaban J connectivity index is 1.93. The lowest BCUT2D eigenvalue weighted by Gasteiger charge is -2.24. The third kappa shape index (κ3) is 3.05. The summed E-state index contributed by atoms with van der Waals surface area (Å²) in [5, 5.41) is 4.65. The molecule has 0 aliphatic heterocycles. The predicted molar refractivity (Wildman–Crippen MR) is 76.0 cm³/mol. The van der Waals surface area contributed by atoms with Gasteiger partial charge in [-0.3, -0.25) is 4.79 Å². The Labute approximate surface area is 111 Å². The van der Waals surface area contributed by atoms with Crippen LogP contribution in [-0.2, 0) is 0 Å². The highest BCUT2D eigenvalue weighted by Gasteiger charge is 2.30. The van der Waals surface area contributed by atoms with Gasteiger partial charge in [-0.2, -0.15) is 23.1 Å². The summed E-state index contributed by atoms with van der Waals surface area (Å²) in [4.78, 5) is 14.1. The second kappa shape index (κ2) is 5.91. The number of amides is 1. The summed E-state index contributed by atoms with van der Waals surface area (Å²) in [5.41, 5.74) is 0.837. The molecular weight excluding hydrogens is 250 g/mol. The van der Waals surface area contributed by atoms with Crippen LogP contribution in [-0.4, -0.2) is 34.9 Å². The van der Waals surface area contributed by atoms with Crippen LogP contribution in [0, 0.1) is 0 Å². The number of rotatable bonds is 4. The van der Waals surface area contributed by atoms with E-state index >= 15 is 0 Å². The van der Waals surface area contributed by atoms with Gasteiger partial charge in [-0.25, -0.2) is 0 Å². The molecule has 2 nitrogen and oxygen atoms in total. The quantitative estimate of drug-likeness (QED) is 0.834. The molecule has 0 N–H and O–H groups in total. The lowest BCUT2D eigenvalue weighted by atomic mass is 10.2. The Morgan fingerprint density at radius 1 is 1.59 bits per heavy atom. The fraction of sp³-hybridized carbons (Fsp3) is 0.615. The van der Waals surface area contributed by atoms with E-state index in [1.807, 2.05) is 40.5 Å². The molecule has 0 unspecified atom stereocenters. The van der Waals surface area contributed by atoms with Crippen LogP contribution < -0.4 is 0 Å². The molecule has 2 atom stereocenters. The summed E-state index contributed by atoms with van der Waals surface area (Å²) in [5.74, 6) is 1.36. The third-order valence-corrected chi connectivity index (χ3v) is 5.31. The molecule has 4 heteroatoms. The van der Waals surface area contributed by atoms with Crippen molar-refractivity contribution in [2.75, 3.05) is 12.8 Å². The Morgan fingerprint density at radius 3 is 3.06 bits per heavy atom. The summed E-state index contributed by atoms with van der Waals surface area (Å²) in [6, 6.07) is 2.35. The third-order valence-electron chi connectivity index (χ3n) is 3.40. The van der Waals surface area contributed by atoms with Crippen LogP contribution in [0.2, 0.25) is 0 Å². The zero-order valence-electron chi connectivity index (χ0n) is 10.4. The molecule has 0 spiro atoms. The molecule has 1 heterocycles. The maximum atomic E-state index is 12.2. The van der Waals surface area contributed by atoms with E-state index in [2.05, 4.69) is 6.92 Å². The van der Waals surface area contributed by atoms with E-state index in [-0.39, 0.29) is 5.91 Å². The van der Waals surface area contributed by atoms with Crippen LogP contribution >= 0.6 is 23.1 Å². The second-order valence-corrected chi connectivity index (χ2v) is 6.83. The summed E-state index contributed by atoms with van der Waals surface area (Å²) >= 11 is 3.62. The topological polar surface area (TPSA) is 20.3 Å². The summed E-state index contributed by atoms with van der Waals surface area (Å²) < 4.78 is 0. The number of hydrogen-bond donors (Lipinski definition) is 0. The minimum absolute atomic E-state index is 0.179. The van der Waals surface area contributed by atoms with Crippen molar-refractivity contribution >= 4 is 29.0 Å². The van der Waals surface area contributed by atoms with Gasteiger partial charge in [-0.1, -0.05) is 6.92 Å². The van der Waals surface area contributed by atoms with Crippen LogP contribution in [0.15, 0.2) is 16.8 Å². The van der Waals surface area contributed by atoms with E-state index in [1.54, 1.807) is 11.3 Å². The lowest BCUT2D eigenvalue weighted by Crippen LogP contribution is -2.35. The highest BCUT2D eigenvalue weighted by Crippen LogP contribution is 2.32. The fourth-order valence-corrected chi connectivity index (χ4v) is 4.17.